The Bertz CT molecular complexity index is 753. The van der Waals surface area contributed by atoms with Crippen LogP contribution in [0.2, 0.25) is 0 Å². The van der Waals surface area contributed by atoms with Gasteiger partial charge in [-0.3, -0.25) is 9.48 Å². The quantitative estimate of drug-likeness (QED) is 0.943. The van der Waals surface area contributed by atoms with Crippen molar-refractivity contribution in [3.63, 3.8) is 0 Å². The molecule has 5 nitrogen and oxygen atoms in total. The molecule has 4 rings (SSSR count). The zero-order valence-corrected chi connectivity index (χ0v) is 14.0. The van der Waals surface area contributed by atoms with E-state index in [9.17, 15) is 4.79 Å². The summed E-state index contributed by atoms with van der Waals surface area (Å²) in [6.45, 7) is 2.99. The summed E-state index contributed by atoms with van der Waals surface area (Å²) >= 11 is 0. The van der Waals surface area contributed by atoms with Crippen LogP contribution in [0.15, 0.2) is 30.5 Å². The molecule has 0 radical (unpaired) electrons. The van der Waals surface area contributed by atoms with Crippen molar-refractivity contribution in [2.45, 2.75) is 51.8 Å². The minimum atomic E-state index is 0.0450. The predicted molar refractivity (Wildman–Crippen MR) is 91.6 cm³/mol. The van der Waals surface area contributed by atoms with Crippen LogP contribution in [0.1, 0.15) is 38.2 Å². The van der Waals surface area contributed by atoms with E-state index in [4.69, 9.17) is 4.74 Å². The predicted octanol–water partition coefficient (Wildman–Crippen LogP) is 3.14. The van der Waals surface area contributed by atoms with Crippen molar-refractivity contribution >= 4 is 5.91 Å². The average Bonchev–Trinajstić information content (AvgIpc) is 3.00. The van der Waals surface area contributed by atoms with Crippen LogP contribution in [-0.4, -0.2) is 21.7 Å². The number of carbonyl (C=O) groups is 1. The highest BCUT2D eigenvalue weighted by Crippen LogP contribution is 2.37. The highest BCUT2D eigenvalue weighted by molar-refractivity contribution is 5.78. The van der Waals surface area contributed by atoms with Crippen LogP contribution in [0.25, 0.3) is 11.3 Å². The first kappa shape index (κ1) is 15.2. The Morgan fingerprint density at radius 2 is 2.17 bits per heavy atom. The molecule has 126 valence electrons. The summed E-state index contributed by atoms with van der Waals surface area (Å²) < 4.78 is 7.55. The topological polar surface area (TPSA) is 56.2 Å². The monoisotopic (exact) mass is 325 g/mol. The fourth-order valence-electron chi connectivity index (χ4n) is 3.82. The summed E-state index contributed by atoms with van der Waals surface area (Å²) in [5, 5.41) is 7.63. The lowest BCUT2D eigenvalue weighted by Gasteiger charge is -2.29. The van der Waals surface area contributed by atoms with Gasteiger partial charge in [-0.2, -0.15) is 5.10 Å². The van der Waals surface area contributed by atoms with Gasteiger partial charge in [0.15, 0.2) is 0 Å². The van der Waals surface area contributed by atoms with Gasteiger partial charge in [0.05, 0.1) is 11.9 Å². The molecule has 1 N–H and O–H groups in total. The maximum atomic E-state index is 12.5. The van der Waals surface area contributed by atoms with Crippen LogP contribution >= 0.6 is 0 Å². The number of aromatic nitrogens is 2. The van der Waals surface area contributed by atoms with Gasteiger partial charge in [0, 0.05) is 17.2 Å². The van der Waals surface area contributed by atoms with Gasteiger partial charge in [0.1, 0.15) is 18.9 Å². The van der Waals surface area contributed by atoms with Crippen LogP contribution < -0.4 is 10.1 Å². The van der Waals surface area contributed by atoms with Gasteiger partial charge in [-0.1, -0.05) is 31.9 Å². The molecular weight excluding hydrogens is 302 g/mol. The van der Waals surface area contributed by atoms with E-state index in [1.165, 1.54) is 19.3 Å². The molecule has 2 aliphatic rings. The number of rotatable bonds is 3. The van der Waals surface area contributed by atoms with Crippen molar-refractivity contribution in [1.82, 2.24) is 15.1 Å². The Morgan fingerprint density at radius 3 is 3.04 bits per heavy atom. The number of nitrogens with one attached hydrogen (secondary N) is 1. The van der Waals surface area contributed by atoms with Crippen molar-refractivity contribution in [2.24, 2.45) is 5.92 Å². The fourth-order valence-corrected chi connectivity index (χ4v) is 3.82. The minimum absolute atomic E-state index is 0.0450. The van der Waals surface area contributed by atoms with E-state index in [-0.39, 0.29) is 12.5 Å². The van der Waals surface area contributed by atoms with E-state index < -0.39 is 0 Å². The molecule has 1 aliphatic carbocycles. The number of para-hydroxylation sites is 1. The SMILES string of the molecule is C[C@@H]1CCCC[C@@H]1NC(=O)Cn1ncc2c1-c1ccccc1OC2. The minimum Gasteiger partial charge on any atom is -0.488 e. The normalized spacial score (nSPS) is 22.2. The summed E-state index contributed by atoms with van der Waals surface area (Å²) in [6, 6.07) is 8.22. The molecule has 1 saturated carbocycles. The summed E-state index contributed by atoms with van der Waals surface area (Å²) in [7, 11) is 0. The van der Waals surface area contributed by atoms with Crippen LogP contribution in [-0.2, 0) is 17.9 Å². The van der Waals surface area contributed by atoms with Gasteiger partial charge >= 0.3 is 0 Å². The molecule has 0 spiro atoms. The van der Waals surface area contributed by atoms with E-state index in [1.54, 1.807) is 4.68 Å². The van der Waals surface area contributed by atoms with Crippen LogP contribution in [0, 0.1) is 5.92 Å². The maximum Gasteiger partial charge on any atom is 0.241 e. The number of hydrogen-bond acceptors (Lipinski definition) is 3. The standard InChI is InChI=1S/C19H23N3O2/c1-13-6-2-4-8-16(13)21-18(23)11-22-19-14(10-20-22)12-24-17-9-5-3-7-15(17)19/h3,5,7,9-10,13,16H,2,4,6,8,11-12H2,1H3,(H,21,23)/t13-,16+/m1/s1. The third-order valence-electron chi connectivity index (χ3n) is 5.19. The Kier molecular flexibility index (Phi) is 4.00. The number of ether oxygens (including phenoxy) is 1. The highest BCUT2D eigenvalue weighted by atomic mass is 16.5. The molecule has 5 heteroatoms. The number of hydrogen-bond donors (Lipinski definition) is 1. The van der Waals surface area contributed by atoms with Crippen molar-refractivity contribution in [3.8, 4) is 17.0 Å². The second-order valence-electron chi connectivity index (χ2n) is 6.90. The largest absolute Gasteiger partial charge is 0.488 e. The van der Waals surface area contributed by atoms with Gasteiger partial charge in [0.2, 0.25) is 5.91 Å². The van der Waals surface area contributed by atoms with Gasteiger partial charge in [-0.25, -0.2) is 0 Å². The van der Waals surface area contributed by atoms with Crippen molar-refractivity contribution in [3.05, 3.63) is 36.0 Å². The van der Waals surface area contributed by atoms with Gasteiger partial charge in [-0.15, -0.1) is 0 Å². The third-order valence-corrected chi connectivity index (χ3v) is 5.19. The molecule has 2 heterocycles. The van der Waals surface area contributed by atoms with Crippen molar-refractivity contribution in [1.29, 1.82) is 0 Å². The number of fused-ring (bicyclic) bond motifs is 3. The molecule has 1 amide bonds. The Morgan fingerprint density at radius 1 is 1.33 bits per heavy atom. The molecule has 1 aromatic heterocycles. The molecular formula is C19H23N3O2. The summed E-state index contributed by atoms with van der Waals surface area (Å²) in [5.74, 6) is 1.46. The fraction of sp³-hybridized carbons (Fsp3) is 0.474. The zero-order chi connectivity index (χ0) is 16.5. The highest BCUT2D eigenvalue weighted by Gasteiger charge is 2.25. The Balaban J connectivity index is 1.52. The number of benzene rings is 1. The molecule has 1 fully saturated rings. The van der Waals surface area contributed by atoms with Gasteiger partial charge in [-0.05, 0) is 30.9 Å². The molecule has 0 unspecified atom stereocenters. The van der Waals surface area contributed by atoms with Gasteiger partial charge in [0.25, 0.3) is 0 Å². The molecule has 2 atom stereocenters. The average molecular weight is 325 g/mol. The lowest BCUT2D eigenvalue weighted by molar-refractivity contribution is -0.123. The number of nitrogens with zero attached hydrogens (tertiary/aromatic N) is 2. The third kappa shape index (κ3) is 2.79. The van der Waals surface area contributed by atoms with E-state index in [0.29, 0.717) is 18.6 Å². The molecule has 1 aliphatic heterocycles. The van der Waals surface area contributed by atoms with E-state index in [2.05, 4.69) is 17.3 Å². The van der Waals surface area contributed by atoms with Crippen LogP contribution in [0.4, 0.5) is 0 Å². The van der Waals surface area contributed by atoms with E-state index in [0.717, 1.165) is 29.0 Å². The molecule has 24 heavy (non-hydrogen) atoms. The molecule has 0 bridgehead atoms. The number of amides is 1. The smallest absolute Gasteiger partial charge is 0.241 e. The Labute approximate surface area is 142 Å². The van der Waals surface area contributed by atoms with Crippen molar-refractivity contribution < 1.29 is 9.53 Å². The molecule has 1 aromatic carbocycles. The lowest BCUT2D eigenvalue weighted by Crippen LogP contribution is -2.42. The second-order valence-corrected chi connectivity index (χ2v) is 6.90. The van der Waals surface area contributed by atoms with E-state index in [1.807, 2.05) is 30.5 Å². The van der Waals surface area contributed by atoms with Crippen LogP contribution in [0.5, 0.6) is 5.75 Å². The Hall–Kier alpha value is -2.30. The van der Waals surface area contributed by atoms with Gasteiger partial charge < -0.3 is 10.1 Å². The summed E-state index contributed by atoms with van der Waals surface area (Å²) in [4.78, 5) is 12.5. The molecule has 2 aromatic rings. The number of carbonyl (C=O) groups excluding carboxylic acids is 1. The molecule has 0 saturated heterocycles. The van der Waals surface area contributed by atoms with E-state index >= 15 is 0 Å². The zero-order valence-electron chi connectivity index (χ0n) is 14.0. The summed E-state index contributed by atoms with van der Waals surface area (Å²) in [5.41, 5.74) is 3.05. The second kappa shape index (κ2) is 6.30. The first-order valence-corrected chi connectivity index (χ1v) is 8.78. The summed E-state index contributed by atoms with van der Waals surface area (Å²) in [6.07, 6.45) is 6.57. The first-order valence-electron chi connectivity index (χ1n) is 8.78. The van der Waals surface area contributed by atoms with Crippen molar-refractivity contribution in [2.75, 3.05) is 0 Å². The van der Waals surface area contributed by atoms with Crippen LogP contribution in [0.3, 0.4) is 0 Å². The maximum absolute atomic E-state index is 12.5. The lowest BCUT2D eigenvalue weighted by atomic mass is 9.86. The first-order chi connectivity index (χ1) is 11.7.